The summed E-state index contributed by atoms with van der Waals surface area (Å²) in [4.78, 5) is 13.4. The lowest BCUT2D eigenvalue weighted by molar-refractivity contribution is -0.135. The van der Waals surface area contributed by atoms with Crippen molar-refractivity contribution in [2.24, 2.45) is 40.4 Å². The lowest BCUT2D eigenvalue weighted by atomic mass is 9.46. The van der Waals surface area contributed by atoms with Crippen LogP contribution in [0.3, 0.4) is 0 Å². The molecule has 170 valence electrons. The van der Waals surface area contributed by atoms with E-state index in [-0.39, 0.29) is 22.9 Å². The van der Waals surface area contributed by atoms with Crippen molar-refractivity contribution in [2.75, 3.05) is 0 Å². The fourth-order valence-corrected chi connectivity index (χ4v) is 8.42. The molecule has 30 heavy (non-hydrogen) atoms. The third-order valence-corrected chi connectivity index (χ3v) is 10.1. The van der Waals surface area contributed by atoms with Crippen molar-refractivity contribution in [2.45, 2.75) is 111 Å². The van der Waals surface area contributed by atoms with Gasteiger partial charge in [0.05, 0.1) is 11.7 Å². The van der Waals surface area contributed by atoms with Crippen molar-refractivity contribution in [3.05, 3.63) is 11.6 Å². The third kappa shape index (κ3) is 3.72. The van der Waals surface area contributed by atoms with Crippen LogP contribution in [0.1, 0.15) is 98.8 Å². The first-order valence-corrected chi connectivity index (χ1v) is 12.6. The standard InChI is InChI=1S/C27H44O3/c1-17(7-6-12-25(2,3)30)20-8-9-21-24-22(11-14-27(20,21)5)26(4)13-10-19(28)15-18(26)16-23(24)29/h16-17,19-22,24,28,30H,6-15H2,1-5H3/t17-,19+,20-,21+,22?,24+,26+,27-/m1/s1. The first kappa shape index (κ1) is 22.5. The Morgan fingerprint density at radius 1 is 1.13 bits per heavy atom. The summed E-state index contributed by atoms with van der Waals surface area (Å²) in [6.45, 7) is 11.1. The van der Waals surface area contributed by atoms with Gasteiger partial charge in [0.25, 0.3) is 0 Å². The Hall–Kier alpha value is -0.670. The van der Waals surface area contributed by atoms with Gasteiger partial charge in [0.15, 0.2) is 5.78 Å². The van der Waals surface area contributed by atoms with Crippen molar-refractivity contribution in [1.82, 2.24) is 0 Å². The first-order valence-electron chi connectivity index (χ1n) is 12.6. The van der Waals surface area contributed by atoms with Crippen LogP contribution in [0.25, 0.3) is 0 Å². The molecule has 0 bridgehead atoms. The summed E-state index contributed by atoms with van der Waals surface area (Å²) < 4.78 is 0. The summed E-state index contributed by atoms with van der Waals surface area (Å²) in [7, 11) is 0. The fraction of sp³-hybridized carbons (Fsp3) is 0.889. The van der Waals surface area contributed by atoms with Gasteiger partial charge in [0.2, 0.25) is 0 Å². The number of carbonyl (C=O) groups excluding carboxylic acids is 1. The Morgan fingerprint density at radius 2 is 1.87 bits per heavy atom. The van der Waals surface area contributed by atoms with Crippen LogP contribution >= 0.6 is 0 Å². The maximum atomic E-state index is 13.4. The number of hydrogen-bond donors (Lipinski definition) is 2. The molecule has 0 aromatic carbocycles. The number of aliphatic hydroxyl groups is 2. The summed E-state index contributed by atoms with van der Waals surface area (Å²) in [6, 6.07) is 0. The van der Waals surface area contributed by atoms with E-state index in [1.54, 1.807) is 0 Å². The predicted molar refractivity (Wildman–Crippen MR) is 121 cm³/mol. The van der Waals surface area contributed by atoms with Crippen LogP contribution in [0, 0.1) is 40.4 Å². The van der Waals surface area contributed by atoms with Crippen LogP contribution in [0.4, 0.5) is 0 Å². The molecule has 1 unspecified atom stereocenters. The van der Waals surface area contributed by atoms with Gasteiger partial charge in [-0.3, -0.25) is 4.79 Å². The lowest BCUT2D eigenvalue weighted by Gasteiger charge is -2.57. The molecule has 0 aromatic heterocycles. The largest absolute Gasteiger partial charge is 0.393 e. The van der Waals surface area contributed by atoms with Gasteiger partial charge < -0.3 is 10.2 Å². The van der Waals surface area contributed by atoms with Crippen molar-refractivity contribution in [3.63, 3.8) is 0 Å². The third-order valence-electron chi connectivity index (χ3n) is 10.1. The summed E-state index contributed by atoms with van der Waals surface area (Å²) in [6.07, 6.45) is 12.3. The zero-order valence-corrected chi connectivity index (χ0v) is 19.9. The van der Waals surface area contributed by atoms with Gasteiger partial charge in [0, 0.05) is 5.92 Å². The zero-order valence-electron chi connectivity index (χ0n) is 19.9. The van der Waals surface area contributed by atoms with E-state index in [1.165, 1.54) is 37.7 Å². The number of fused-ring (bicyclic) bond motifs is 5. The lowest BCUT2D eigenvalue weighted by Crippen LogP contribution is -2.53. The molecule has 0 spiro atoms. The Labute approximate surface area is 183 Å². The van der Waals surface area contributed by atoms with E-state index >= 15 is 0 Å². The van der Waals surface area contributed by atoms with E-state index in [4.69, 9.17) is 0 Å². The van der Waals surface area contributed by atoms with Crippen LogP contribution in [0.2, 0.25) is 0 Å². The molecule has 2 N–H and O–H groups in total. The summed E-state index contributed by atoms with van der Waals surface area (Å²) in [5.74, 6) is 2.91. The van der Waals surface area contributed by atoms with Crippen LogP contribution < -0.4 is 0 Å². The molecule has 3 saturated carbocycles. The van der Waals surface area contributed by atoms with Crippen molar-refractivity contribution in [3.8, 4) is 0 Å². The minimum Gasteiger partial charge on any atom is -0.393 e. The van der Waals surface area contributed by atoms with Gasteiger partial charge in [0.1, 0.15) is 0 Å². The Balaban J connectivity index is 1.52. The maximum absolute atomic E-state index is 13.4. The number of aliphatic hydroxyl groups excluding tert-OH is 1. The van der Waals surface area contributed by atoms with Crippen LogP contribution in [-0.2, 0) is 4.79 Å². The van der Waals surface area contributed by atoms with E-state index in [2.05, 4.69) is 20.8 Å². The maximum Gasteiger partial charge on any atom is 0.159 e. The molecular weight excluding hydrogens is 372 g/mol. The second kappa shape index (κ2) is 7.73. The summed E-state index contributed by atoms with van der Waals surface area (Å²) in [5.41, 5.74) is 1.07. The van der Waals surface area contributed by atoms with Gasteiger partial charge >= 0.3 is 0 Å². The van der Waals surface area contributed by atoms with E-state index in [0.717, 1.165) is 25.7 Å². The van der Waals surface area contributed by atoms with Crippen molar-refractivity contribution in [1.29, 1.82) is 0 Å². The molecule has 8 atom stereocenters. The topological polar surface area (TPSA) is 57.5 Å². The van der Waals surface area contributed by atoms with Gasteiger partial charge in [-0.2, -0.15) is 0 Å². The average molecular weight is 417 g/mol. The normalized spacial score (nSPS) is 44.7. The number of ketones is 1. The minimum atomic E-state index is -0.568. The monoisotopic (exact) mass is 416 g/mol. The first-order chi connectivity index (χ1) is 14.0. The minimum absolute atomic E-state index is 0.121. The zero-order chi connectivity index (χ0) is 21.9. The Kier molecular flexibility index (Phi) is 5.80. The highest BCUT2D eigenvalue weighted by molar-refractivity contribution is 5.94. The van der Waals surface area contributed by atoms with E-state index < -0.39 is 5.60 Å². The molecule has 0 radical (unpaired) electrons. The molecule has 4 aliphatic rings. The van der Waals surface area contributed by atoms with E-state index in [1.807, 2.05) is 19.9 Å². The second-order valence-corrected chi connectivity index (χ2v) is 12.5. The number of carbonyl (C=O) groups is 1. The molecule has 0 heterocycles. The molecule has 0 saturated heterocycles. The van der Waals surface area contributed by atoms with Crippen LogP contribution in [-0.4, -0.2) is 27.7 Å². The SMILES string of the molecule is C[C@H](CCCC(C)(C)O)[C@H]1CC[C@H]2[C@@H]3C(=O)C=C4C[C@@H](O)CC[C@]4(C)C3CC[C@]12C. The molecule has 0 aliphatic heterocycles. The van der Waals surface area contributed by atoms with Gasteiger partial charge in [-0.1, -0.05) is 39.2 Å². The summed E-state index contributed by atoms with van der Waals surface area (Å²) in [5, 5.41) is 20.3. The number of hydrogen-bond acceptors (Lipinski definition) is 3. The van der Waals surface area contributed by atoms with Crippen LogP contribution in [0.15, 0.2) is 11.6 Å². The molecule has 3 nitrogen and oxygen atoms in total. The Bertz CT molecular complexity index is 703. The molecular formula is C27H44O3. The van der Waals surface area contributed by atoms with E-state index in [9.17, 15) is 15.0 Å². The van der Waals surface area contributed by atoms with Gasteiger partial charge in [-0.25, -0.2) is 0 Å². The fourth-order valence-electron chi connectivity index (χ4n) is 8.42. The molecule has 0 aromatic rings. The highest BCUT2D eigenvalue weighted by Crippen LogP contribution is 2.66. The molecule has 4 aliphatic carbocycles. The number of allylic oxidation sites excluding steroid dienone is 1. The van der Waals surface area contributed by atoms with Crippen molar-refractivity contribution >= 4 is 5.78 Å². The molecule has 3 fully saturated rings. The van der Waals surface area contributed by atoms with Crippen molar-refractivity contribution < 1.29 is 15.0 Å². The molecule has 3 heteroatoms. The average Bonchev–Trinajstić information content (AvgIpc) is 2.99. The molecule has 4 rings (SSSR count). The van der Waals surface area contributed by atoms with Crippen LogP contribution in [0.5, 0.6) is 0 Å². The quantitative estimate of drug-likeness (QED) is 0.606. The Morgan fingerprint density at radius 3 is 2.57 bits per heavy atom. The number of rotatable bonds is 5. The smallest absolute Gasteiger partial charge is 0.159 e. The summed E-state index contributed by atoms with van der Waals surface area (Å²) >= 11 is 0. The van der Waals surface area contributed by atoms with E-state index in [0.29, 0.717) is 35.9 Å². The highest BCUT2D eigenvalue weighted by Gasteiger charge is 2.61. The predicted octanol–water partition coefficient (Wildman–Crippen LogP) is 5.68. The second-order valence-electron chi connectivity index (χ2n) is 12.5. The molecule has 0 amide bonds. The highest BCUT2D eigenvalue weighted by atomic mass is 16.3. The van der Waals surface area contributed by atoms with Gasteiger partial charge in [-0.05, 0) is 106 Å². The van der Waals surface area contributed by atoms with Gasteiger partial charge in [-0.15, -0.1) is 0 Å².